The SMILES string of the molecule is CCCOC(C)COCCF. The van der Waals surface area contributed by atoms with Gasteiger partial charge in [-0.15, -0.1) is 0 Å². The molecule has 0 fully saturated rings. The highest BCUT2D eigenvalue weighted by molar-refractivity contribution is 4.46. The number of rotatable bonds is 7. The Hall–Kier alpha value is -0.150. The van der Waals surface area contributed by atoms with E-state index in [1.54, 1.807) is 0 Å². The van der Waals surface area contributed by atoms with Crippen LogP contribution >= 0.6 is 0 Å². The Morgan fingerprint density at radius 2 is 2.09 bits per heavy atom. The molecule has 0 rings (SSSR count). The van der Waals surface area contributed by atoms with Crippen LogP contribution in [-0.2, 0) is 9.47 Å². The zero-order chi connectivity index (χ0) is 8.53. The largest absolute Gasteiger partial charge is 0.376 e. The van der Waals surface area contributed by atoms with Crippen LogP contribution in [0.25, 0.3) is 0 Å². The van der Waals surface area contributed by atoms with Gasteiger partial charge in [-0.2, -0.15) is 0 Å². The summed E-state index contributed by atoms with van der Waals surface area (Å²) in [6.07, 6.45) is 1.09. The molecule has 0 aliphatic rings. The highest BCUT2D eigenvalue weighted by atomic mass is 19.1. The fourth-order valence-electron chi connectivity index (χ4n) is 0.671. The number of hydrogen-bond acceptors (Lipinski definition) is 2. The van der Waals surface area contributed by atoms with Gasteiger partial charge in [0.2, 0.25) is 0 Å². The molecule has 0 saturated carbocycles. The second kappa shape index (κ2) is 7.95. The van der Waals surface area contributed by atoms with Gasteiger partial charge < -0.3 is 9.47 Å². The smallest absolute Gasteiger partial charge is 0.113 e. The molecule has 0 aromatic rings. The third kappa shape index (κ3) is 7.75. The lowest BCUT2D eigenvalue weighted by Gasteiger charge is -2.11. The molecule has 1 unspecified atom stereocenters. The minimum Gasteiger partial charge on any atom is -0.376 e. The molecule has 0 aromatic heterocycles. The van der Waals surface area contributed by atoms with Crippen LogP contribution in [0.3, 0.4) is 0 Å². The van der Waals surface area contributed by atoms with E-state index in [1.165, 1.54) is 0 Å². The summed E-state index contributed by atoms with van der Waals surface area (Å²) < 4.78 is 21.8. The normalized spacial score (nSPS) is 13.4. The van der Waals surface area contributed by atoms with Crippen molar-refractivity contribution >= 4 is 0 Å². The molecule has 0 saturated heterocycles. The Bertz CT molecular complexity index is 78.5. The van der Waals surface area contributed by atoms with Crippen molar-refractivity contribution in [2.24, 2.45) is 0 Å². The lowest BCUT2D eigenvalue weighted by Crippen LogP contribution is -2.17. The first-order valence-corrected chi connectivity index (χ1v) is 4.06. The van der Waals surface area contributed by atoms with E-state index >= 15 is 0 Å². The van der Waals surface area contributed by atoms with Crippen molar-refractivity contribution in [3.05, 3.63) is 0 Å². The summed E-state index contributed by atoms with van der Waals surface area (Å²) in [5.41, 5.74) is 0. The number of hydrogen-bond donors (Lipinski definition) is 0. The average Bonchev–Trinajstić information content (AvgIpc) is 2.01. The maximum atomic E-state index is 11.5. The monoisotopic (exact) mass is 164 g/mol. The second-order valence-corrected chi connectivity index (χ2v) is 2.45. The maximum Gasteiger partial charge on any atom is 0.113 e. The fourth-order valence-corrected chi connectivity index (χ4v) is 0.671. The van der Waals surface area contributed by atoms with Gasteiger partial charge in [0.15, 0.2) is 0 Å². The summed E-state index contributed by atoms with van der Waals surface area (Å²) in [6, 6.07) is 0. The highest BCUT2D eigenvalue weighted by Gasteiger charge is 1.99. The molecular formula is C8H17FO2. The summed E-state index contributed by atoms with van der Waals surface area (Å²) in [7, 11) is 0. The van der Waals surface area contributed by atoms with Crippen LogP contribution in [-0.4, -0.2) is 32.6 Å². The Morgan fingerprint density at radius 3 is 2.64 bits per heavy atom. The van der Waals surface area contributed by atoms with Crippen molar-refractivity contribution in [2.45, 2.75) is 26.4 Å². The molecule has 0 spiro atoms. The van der Waals surface area contributed by atoms with Crippen LogP contribution in [0.15, 0.2) is 0 Å². The molecule has 0 radical (unpaired) electrons. The summed E-state index contributed by atoms with van der Waals surface area (Å²) in [4.78, 5) is 0. The average molecular weight is 164 g/mol. The van der Waals surface area contributed by atoms with Crippen molar-refractivity contribution in [3.63, 3.8) is 0 Å². The lowest BCUT2D eigenvalue weighted by molar-refractivity contribution is -0.00900. The van der Waals surface area contributed by atoms with Crippen LogP contribution in [0.2, 0.25) is 0 Å². The van der Waals surface area contributed by atoms with E-state index in [2.05, 4.69) is 6.92 Å². The predicted molar refractivity (Wildman–Crippen MR) is 42.5 cm³/mol. The summed E-state index contributed by atoms with van der Waals surface area (Å²) >= 11 is 0. The Labute approximate surface area is 67.7 Å². The van der Waals surface area contributed by atoms with Gasteiger partial charge in [0, 0.05) is 6.61 Å². The maximum absolute atomic E-state index is 11.5. The molecule has 3 heteroatoms. The van der Waals surface area contributed by atoms with E-state index in [9.17, 15) is 4.39 Å². The van der Waals surface area contributed by atoms with E-state index in [4.69, 9.17) is 9.47 Å². The lowest BCUT2D eigenvalue weighted by atomic mass is 10.4. The van der Waals surface area contributed by atoms with Crippen LogP contribution in [0.5, 0.6) is 0 Å². The first-order valence-electron chi connectivity index (χ1n) is 4.06. The van der Waals surface area contributed by atoms with Gasteiger partial charge in [0.25, 0.3) is 0 Å². The summed E-state index contributed by atoms with van der Waals surface area (Å²) in [6.45, 7) is 4.98. The van der Waals surface area contributed by atoms with Crippen molar-refractivity contribution in [3.8, 4) is 0 Å². The van der Waals surface area contributed by atoms with Gasteiger partial charge in [0.05, 0.1) is 19.3 Å². The number of ether oxygens (including phenoxy) is 2. The van der Waals surface area contributed by atoms with Crippen LogP contribution in [0.4, 0.5) is 4.39 Å². The zero-order valence-corrected chi connectivity index (χ0v) is 7.31. The van der Waals surface area contributed by atoms with Crippen molar-refractivity contribution in [1.82, 2.24) is 0 Å². The Kier molecular flexibility index (Phi) is 7.84. The van der Waals surface area contributed by atoms with Crippen LogP contribution < -0.4 is 0 Å². The number of alkyl halides is 1. The first-order chi connectivity index (χ1) is 5.31. The van der Waals surface area contributed by atoms with E-state index in [0.29, 0.717) is 6.61 Å². The molecule has 1 atom stereocenters. The quantitative estimate of drug-likeness (QED) is 0.534. The Morgan fingerprint density at radius 1 is 1.36 bits per heavy atom. The third-order valence-electron chi connectivity index (χ3n) is 1.18. The standard InChI is InChI=1S/C8H17FO2/c1-3-5-11-8(2)7-10-6-4-9/h8H,3-7H2,1-2H3. The molecular weight excluding hydrogens is 147 g/mol. The first kappa shape index (κ1) is 10.8. The molecule has 0 heterocycles. The van der Waals surface area contributed by atoms with Gasteiger partial charge in [-0.1, -0.05) is 6.92 Å². The molecule has 0 aliphatic carbocycles. The van der Waals surface area contributed by atoms with Crippen molar-refractivity contribution in [1.29, 1.82) is 0 Å². The molecule has 0 aromatic carbocycles. The molecule has 2 nitrogen and oxygen atoms in total. The van der Waals surface area contributed by atoms with Crippen molar-refractivity contribution < 1.29 is 13.9 Å². The predicted octanol–water partition coefficient (Wildman–Crippen LogP) is 1.79. The third-order valence-corrected chi connectivity index (χ3v) is 1.18. The number of halogens is 1. The van der Waals surface area contributed by atoms with Crippen LogP contribution in [0, 0.1) is 0 Å². The van der Waals surface area contributed by atoms with E-state index < -0.39 is 6.67 Å². The minimum absolute atomic E-state index is 0.0847. The van der Waals surface area contributed by atoms with E-state index in [0.717, 1.165) is 13.0 Å². The van der Waals surface area contributed by atoms with Gasteiger partial charge in [-0.3, -0.25) is 0 Å². The fraction of sp³-hybridized carbons (Fsp3) is 1.00. The highest BCUT2D eigenvalue weighted by Crippen LogP contribution is 1.93. The molecule has 0 aliphatic heterocycles. The van der Waals surface area contributed by atoms with E-state index in [-0.39, 0.29) is 12.7 Å². The summed E-state index contributed by atoms with van der Waals surface area (Å²) in [5, 5.41) is 0. The molecule has 0 bridgehead atoms. The van der Waals surface area contributed by atoms with Gasteiger partial charge in [-0.05, 0) is 13.3 Å². The summed E-state index contributed by atoms with van der Waals surface area (Å²) in [5.74, 6) is 0. The van der Waals surface area contributed by atoms with E-state index in [1.807, 2.05) is 6.92 Å². The Balaban J connectivity index is 3.02. The molecule has 0 N–H and O–H groups in total. The van der Waals surface area contributed by atoms with Gasteiger partial charge in [0.1, 0.15) is 6.67 Å². The molecule has 68 valence electrons. The second-order valence-electron chi connectivity index (χ2n) is 2.45. The van der Waals surface area contributed by atoms with Crippen LogP contribution in [0.1, 0.15) is 20.3 Å². The zero-order valence-electron chi connectivity index (χ0n) is 7.31. The minimum atomic E-state index is -0.416. The molecule has 0 amide bonds. The van der Waals surface area contributed by atoms with Gasteiger partial charge in [-0.25, -0.2) is 4.39 Å². The van der Waals surface area contributed by atoms with Gasteiger partial charge >= 0.3 is 0 Å². The molecule has 11 heavy (non-hydrogen) atoms. The van der Waals surface area contributed by atoms with Crippen molar-refractivity contribution in [2.75, 3.05) is 26.5 Å². The topological polar surface area (TPSA) is 18.5 Å².